The Kier molecular flexibility index (Phi) is 5.47. The van der Waals surface area contributed by atoms with Gasteiger partial charge in [-0.3, -0.25) is 25.2 Å². The molecule has 0 aliphatic heterocycles. The fourth-order valence-electron chi connectivity index (χ4n) is 2.02. The molecular weight excluding hydrogens is 362 g/mol. The number of amides is 3. The van der Waals surface area contributed by atoms with Crippen molar-refractivity contribution in [1.82, 2.24) is 26.3 Å². The van der Waals surface area contributed by atoms with E-state index in [0.29, 0.717) is 10.8 Å². The summed E-state index contributed by atoms with van der Waals surface area (Å²) in [6.45, 7) is 0. The molecule has 0 radical (unpaired) electrons. The summed E-state index contributed by atoms with van der Waals surface area (Å²) >= 11 is 5.82. The molecular formula is C16H16ClN5O4. The molecule has 3 amide bonds. The van der Waals surface area contributed by atoms with E-state index in [-0.39, 0.29) is 24.8 Å². The van der Waals surface area contributed by atoms with Crippen LogP contribution in [0.15, 0.2) is 28.8 Å². The van der Waals surface area contributed by atoms with Crippen LogP contribution in [0.5, 0.6) is 0 Å². The van der Waals surface area contributed by atoms with Gasteiger partial charge in [-0.2, -0.15) is 4.98 Å². The first-order chi connectivity index (χ1) is 12.5. The molecule has 26 heavy (non-hydrogen) atoms. The van der Waals surface area contributed by atoms with E-state index >= 15 is 0 Å². The lowest BCUT2D eigenvalue weighted by molar-refractivity contribution is -0.141. The number of benzene rings is 1. The molecule has 1 aliphatic carbocycles. The minimum atomic E-state index is -0.909. The molecule has 0 saturated heterocycles. The first kappa shape index (κ1) is 17.9. The molecule has 1 heterocycles. The van der Waals surface area contributed by atoms with Gasteiger partial charge in [0, 0.05) is 29.5 Å². The van der Waals surface area contributed by atoms with Crippen molar-refractivity contribution in [3.05, 3.63) is 35.2 Å². The third kappa shape index (κ3) is 5.03. The van der Waals surface area contributed by atoms with Crippen LogP contribution in [-0.4, -0.2) is 33.9 Å². The molecule has 136 valence electrons. The summed E-state index contributed by atoms with van der Waals surface area (Å²) in [6.07, 6.45) is 1.94. The van der Waals surface area contributed by atoms with Gasteiger partial charge in [0.25, 0.3) is 0 Å². The van der Waals surface area contributed by atoms with E-state index in [2.05, 4.69) is 26.3 Å². The highest BCUT2D eigenvalue weighted by molar-refractivity contribution is 6.35. The quantitative estimate of drug-likeness (QED) is 0.521. The van der Waals surface area contributed by atoms with Crippen LogP contribution in [0.25, 0.3) is 11.4 Å². The number of hydrogen-bond donors (Lipinski definition) is 3. The summed E-state index contributed by atoms with van der Waals surface area (Å²) < 4.78 is 5.09. The van der Waals surface area contributed by atoms with E-state index in [0.717, 1.165) is 18.4 Å². The third-order valence-electron chi connectivity index (χ3n) is 3.57. The Bertz CT molecular complexity index is 816. The van der Waals surface area contributed by atoms with Gasteiger partial charge in [-0.05, 0) is 37.1 Å². The third-order valence-corrected chi connectivity index (χ3v) is 3.82. The number of aryl methyl sites for hydroxylation is 1. The minimum Gasteiger partial charge on any atom is -0.345 e. The molecule has 0 spiro atoms. The second-order valence-corrected chi connectivity index (χ2v) is 6.21. The van der Waals surface area contributed by atoms with Gasteiger partial charge in [-0.25, -0.2) is 0 Å². The number of rotatable bonds is 5. The summed E-state index contributed by atoms with van der Waals surface area (Å²) in [6, 6.07) is 7.00. The van der Waals surface area contributed by atoms with Crippen molar-refractivity contribution in [2.45, 2.75) is 31.7 Å². The molecule has 9 nitrogen and oxygen atoms in total. The number of hydrazine groups is 1. The van der Waals surface area contributed by atoms with Crippen LogP contribution in [0.2, 0.25) is 5.02 Å². The number of nitrogens with zero attached hydrogens (tertiary/aromatic N) is 2. The van der Waals surface area contributed by atoms with E-state index in [1.54, 1.807) is 24.3 Å². The standard InChI is InChI=1S/C16H16ClN5O4/c17-10-3-1-9(2-4-10)14-19-13(26-22-14)8-7-12(23)20-21-16(25)15(24)18-11-5-6-11/h1-4,11H,5-8H2,(H,18,24)(H,20,23)(H,21,25). The van der Waals surface area contributed by atoms with Crippen molar-refractivity contribution < 1.29 is 18.9 Å². The number of carbonyl (C=O) groups is 3. The summed E-state index contributed by atoms with van der Waals surface area (Å²) in [5, 5.41) is 6.95. The lowest BCUT2D eigenvalue weighted by Crippen LogP contribution is -2.49. The molecule has 2 aromatic rings. The van der Waals surface area contributed by atoms with E-state index in [1.807, 2.05) is 0 Å². The molecule has 1 aromatic carbocycles. The number of nitrogens with one attached hydrogen (secondary N) is 3. The lowest BCUT2D eigenvalue weighted by Gasteiger charge is -2.06. The Labute approximate surface area is 153 Å². The second kappa shape index (κ2) is 7.96. The average Bonchev–Trinajstić information content (AvgIpc) is 3.32. The Morgan fingerprint density at radius 2 is 1.85 bits per heavy atom. The summed E-state index contributed by atoms with van der Waals surface area (Å²) in [4.78, 5) is 38.8. The molecule has 3 rings (SSSR count). The monoisotopic (exact) mass is 377 g/mol. The van der Waals surface area contributed by atoms with E-state index < -0.39 is 17.7 Å². The Balaban J connectivity index is 1.42. The van der Waals surface area contributed by atoms with E-state index in [1.165, 1.54) is 0 Å². The number of hydrogen-bond acceptors (Lipinski definition) is 6. The van der Waals surface area contributed by atoms with Crippen molar-refractivity contribution in [3.8, 4) is 11.4 Å². The molecule has 10 heteroatoms. The van der Waals surface area contributed by atoms with Gasteiger partial charge in [0.1, 0.15) is 0 Å². The van der Waals surface area contributed by atoms with Crippen molar-refractivity contribution in [3.63, 3.8) is 0 Å². The molecule has 1 aliphatic rings. The zero-order chi connectivity index (χ0) is 18.5. The predicted molar refractivity (Wildman–Crippen MR) is 90.5 cm³/mol. The number of halogens is 1. The van der Waals surface area contributed by atoms with E-state index in [9.17, 15) is 14.4 Å². The summed E-state index contributed by atoms with van der Waals surface area (Å²) in [7, 11) is 0. The van der Waals surface area contributed by atoms with Crippen molar-refractivity contribution in [1.29, 1.82) is 0 Å². The Morgan fingerprint density at radius 1 is 1.12 bits per heavy atom. The Morgan fingerprint density at radius 3 is 2.54 bits per heavy atom. The van der Waals surface area contributed by atoms with E-state index in [4.69, 9.17) is 16.1 Å². The van der Waals surface area contributed by atoms with Gasteiger partial charge in [0.05, 0.1) is 0 Å². The first-order valence-electron chi connectivity index (χ1n) is 7.99. The molecule has 0 unspecified atom stereocenters. The van der Waals surface area contributed by atoms with Crippen molar-refractivity contribution >= 4 is 29.3 Å². The number of aromatic nitrogens is 2. The van der Waals surface area contributed by atoms with Gasteiger partial charge in [-0.1, -0.05) is 16.8 Å². The normalized spacial score (nSPS) is 13.1. The lowest BCUT2D eigenvalue weighted by atomic mass is 10.2. The van der Waals surface area contributed by atoms with Gasteiger partial charge in [-0.15, -0.1) is 0 Å². The highest BCUT2D eigenvalue weighted by atomic mass is 35.5. The van der Waals surface area contributed by atoms with Gasteiger partial charge < -0.3 is 9.84 Å². The minimum absolute atomic E-state index is 0.00672. The smallest absolute Gasteiger partial charge is 0.327 e. The van der Waals surface area contributed by atoms with Crippen LogP contribution in [0.3, 0.4) is 0 Å². The molecule has 0 atom stereocenters. The SMILES string of the molecule is O=C(CCc1nc(-c2ccc(Cl)cc2)no1)NNC(=O)C(=O)NC1CC1. The zero-order valence-corrected chi connectivity index (χ0v) is 14.4. The topological polar surface area (TPSA) is 126 Å². The molecule has 0 bridgehead atoms. The highest BCUT2D eigenvalue weighted by Gasteiger charge is 2.26. The van der Waals surface area contributed by atoms with Crippen LogP contribution >= 0.6 is 11.6 Å². The average molecular weight is 378 g/mol. The molecule has 3 N–H and O–H groups in total. The fraction of sp³-hybridized carbons (Fsp3) is 0.312. The van der Waals surface area contributed by atoms with Crippen LogP contribution < -0.4 is 16.2 Å². The van der Waals surface area contributed by atoms with Crippen LogP contribution in [0.1, 0.15) is 25.2 Å². The van der Waals surface area contributed by atoms with Crippen LogP contribution in [0.4, 0.5) is 0 Å². The van der Waals surface area contributed by atoms with Crippen LogP contribution in [0, 0.1) is 0 Å². The molecule has 1 saturated carbocycles. The maximum absolute atomic E-state index is 11.7. The molecule has 1 aromatic heterocycles. The second-order valence-electron chi connectivity index (χ2n) is 5.77. The van der Waals surface area contributed by atoms with Gasteiger partial charge >= 0.3 is 11.8 Å². The fourth-order valence-corrected chi connectivity index (χ4v) is 2.14. The van der Waals surface area contributed by atoms with Gasteiger partial charge in [0.2, 0.25) is 17.6 Å². The van der Waals surface area contributed by atoms with Crippen LogP contribution in [-0.2, 0) is 20.8 Å². The van der Waals surface area contributed by atoms with Crippen molar-refractivity contribution in [2.24, 2.45) is 0 Å². The number of carbonyl (C=O) groups excluding carboxylic acids is 3. The summed E-state index contributed by atoms with van der Waals surface area (Å²) in [5.74, 6) is -1.49. The maximum atomic E-state index is 11.7. The largest absolute Gasteiger partial charge is 0.345 e. The highest BCUT2D eigenvalue weighted by Crippen LogP contribution is 2.19. The molecule has 1 fully saturated rings. The zero-order valence-electron chi connectivity index (χ0n) is 13.6. The maximum Gasteiger partial charge on any atom is 0.327 e. The predicted octanol–water partition coefficient (Wildman–Crippen LogP) is 0.749. The summed E-state index contributed by atoms with van der Waals surface area (Å²) in [5.41, 5.74) is 4.97. The van der Waals surface area contributed by atoms with Gasteiger partial charge in [0.15, 0.2) is 0 Å². The Hall–Kier alpha value is -2.94. The first-order valence-corrected chi connectivity index (χ1v) is 8.37. The van der Waals surface area contributed by atoms with Crippen molar-refractivity contribution in [2.75, 3.05) is 0 Å².